The Labute approximate surface area is 113 Å². The van der Waals surface area contributed by atoms with Gasteiger partial charge in [-0.2, -0.15) is 0 Å². The number of nitrogens with zero attached hydrogens (tertiary/aromatic N) is 1. The van der Waals surface area contributed by atoms with E-state index in [4.69, 9.17) is 0 Å². The second kappa shape index (κ2) is 5.49. The van der Waals surface area contributed by atoms with Gasteiger partial charge in [0, 0.05) is 17.7 Å². The minimum absolute atomic E-state index is 0.00176. The van der Waals surface area contributed by atoms with Crippen molar-refractivity contribution in [1.29, 1.82) is 0 Å². The lowest BCUT2D eigenvalue weighted by Gasteiger charge is -2.35. The average Bonchev–Trinajstić information content (AvgIpc) is 2.40. The van der Waals surface area contributed by atoms with Gasteiger partial charge >= 0.3 is 0 Å². The molecule has 0 aliphatic heterocycles. The lowest BCUT2D eigenvalue weighted by atomic mass is 9.75. The molecular formula is C16H19FN2. The molecule has 1 unspecified atom stereocenters. The smallest absolute Gasteiger partial charge is 0.141 e. The van der Waals surface area contributed by atoms with E-state index in [2.05, 4.69) is 36.3 Å². The van der Waals surface area contributed by atoms with Gasteiger partial charge in [0.2, 0.25) is 0 Å². The summed E-state index contributed by atoms with van der Waals surface area (Å²) in [6, 6.07) is 11.8. The lowest BCUT2D eigenvalue weighted by molar-refractivity contribution is 0.366. The van der Waals surface area contributed by atoms with Crippen molar-refractivity contribution in [2.24, 2.45) is 0 Å². The zero-order chi connectivity index (χ0) is 13.9. The number of benzene rings is 1. The van der Waals surface area contributed by atoms with Crippen LogP contribution < -0.4 is 5.32 Å². The van der Waals surface area contributed by atoms with Gasteiger partial charge in [0.1, 0.15) is 5.82 Å². The van der Waals surface area contributed by atoms with E-state index in [1.165, 1.54) is 11.8 Å². The summed E-state index contributed by atoms with van der Waals surface area (Å²) in [5.74, 6) is -0.304. The fourth-order valence-corrected chi connectivity index (χ4v) is 2.56. The summed E-state index contributed by atoms with van der Waals surface area (Å²) in [6.07, 6.45) is 2.95. The van der Waals surface area contributed by atoms with E-state index in [0.717, 1.165) is 5.56 Å². The maximum Gasteiger partial charge on any atom is 0.141 e. The molecule has 1 atom stereocenters. The van der Waals surface area contributed by atoms with Crippen LogP contribution in [0.15, 0.2) is 48.8 Å². The molecule has 0 saturated heterocycles. The molecule has 0 amide bonds. The van der Waals surface area contributed by atoms with E-state index in [-0.39, 0.29) is 17.3 Å². The number of nitrogens with one attached hydrogen (secondary N) is 1. The van der Waals surface area contributed by atoms with Crippen molar-refractivity contribution in [3.05, 3.63) is 65.7 Å². The molecule has 2 aromatic rings. The maximum absolute atomic E-state index is 13.4. The molecule has 3 heteroatoms. The summed E-state index contributed by atoms with van der Waals surface area (Å²) in [4.78, 5) is 3.95. The highest BCUT2D eigenvalue weighted by atomic mass is 19.1. The van der Waals surface area contributed by atoms with Crippen LogP contribution in [0, 0.1) is 5.82 Å². The first kappa shape index (κ1) is 13.7. The third-order valence-electron chi connectivity index (χ3n) is 3.59. The molecule has 1 heterocycles. The normalized spacial score (nSPS) is 13.3. The van der Waals surface area contributed by atoms with Gasteiger partial charge in [-0.15, -0.1) is 0 Å². The van der Waals surface area contributed by atoms with Gasteiger partial charge in [0.15, 0.2) is 0 Å². The summed E-state index contributed by atoms with van der Waals surface area (Å²) in [7, 11) is 1.89. The minimum atomic E-state index is -0.304. The number of pyridine rings is 1. The lowest BCUT2D eigenvalue weighted by Crippen LogP contribution is -2.35. The highest BCUT2D eigenvalue weighted by Gasteiger charge is 2.31. The van der Waals surface area contributed by atoms with Gasteiger partial charge in [-0.05, 0) is 24.2 Å². The molecule has 2 rings (SSSR count). The van der Waals surface area contributed by atoms with Crippen LogP contribution in [0.25, 0.3) is 0 Å². The Hall–Kier alpha value is -1.74. The molecule has 0 saturated carbocycles. The predicted octanol–water partition coefficient (Wildman–Crippen LogP) is 3.46. The monoisotopic (exact) mass is 258 g/mol. The van der Waals surface area contributed by atoms with Crippen molar-refractivity contribution < 1.29 is 4.39 Å². The van der Waals surface area contributed by atoms with Crippen molar-refractivity contribution in [2.75, 3.05) is 7.05 Å². The van der Waals surface area contributed by atoms with Gasteiger partial charge < -0.3 is 5.32 Å². The van der Waals surface area contributed by atoms with E-state index < -0.39 is 0 Å². The van der Waals surface area contributed by atoms with Crippen molar-refractivity contribution in [3.63, 3.8) is 0 Å². The van der Waals surface area contributed by atoms with Crippen LogP contribution in [-0.4, -0.2) is 12.0 Å². The quantitative estimate of drug-likeness (QED) is 0.908. The highest BCUT2D eigenvalue weighted by molar-refractivity contribution is 5.30. The van der Waals surface area contributed by atoms with Crippen LogP contribution >= 0.6 is 0 Å². The summed E-state index contributed by atoms with van der Waals surface area (Å²) in [5.41, 5.74) is 1.90. The van der Waals surface area contributed by atoms with Crippen molar-refractivity contribution in [1.82, 2.24) is 10.3 Å². The van der Waals surface area contributed by atoms with Crippen LogP contribution in [0.3, 0.4) is 0 Å². The molecule has 19 heavy (non-hydrogen) atoms. The number of rotatable bonds is 4. The van der Waals surface area contributed by atoms with Crippen LogP contribution in [0.2, 0.25) is 0 Å². The number of halogens is 1. The molecule has 2 nitrogen and oxygen atoms in total. The predicted molar refractivity (Wildman–Crippen MR) is 75.5 cm³/mol. The number of likely N-dealkylation sites (N-methyl/N-ethyl adjacent to an activating group) is 1. The van der Waals surface area contributed by atoms with Crippen molar-refractivity contribution >= 4 is 0 Å². The van der Waals surface area contributed by atoms with Crippen LogP contribution in [0.1, 0.15) is 31.0 Å². The Balaban J connectivity index is 2.41. The Morgan fingerprint density at radius 1 is 1.16 bits per heavy atom. The maximum atomic E-state index is 13.4. The minimum Gasteiger partial charge on any atom is -0.312 e. The first-order valence-corrected chi connectivity index (χ1v) is 6.39. The van der Waals surface area contributed by atoms with E-state index in [9.17, 15) is 4.39 Å². The van der Waals surface area contributed by atoms with E-state index >= 15 is 0 Å². The summed E-state index contributed by atoms with van der Waals surface area (Å²) in [6.45, 7) is 4.29. The molecule has 0 radical (unpaired) electrons. The van der Waals surface area contributed by atoms with Gasteiger partial charge in [-0.25, -0.2) is 4.39 Å². The Morgan fingerprint density at radius 2 is 1.84 bits per heavy atom. The van der Waals surface area contributed by atoms with Crippen molar-refractivity contribution in [3.8, 4) is 0 Å². The first-order valence-electron chi connectivity index (χ1n) is 6.39. The molecule has 0 aliphatic rings. The average molecular weight is 258 g/mol. The molecular weight excluding hydrogens is 239 g/mol. The molecule has 0 aliphatic carbocycles. The summed E-state index contributed by atoms with van der Waals surface area (Å²) in [5, 5.41) is 3.28. The summed E-state index contributed by atoms with van der Waals surface area (Å²) < 4.78 is 13.4. The van der Waals surface area contributed by atoms with Gasteiger partial charge in [0.05, 0.1) is 6.20 Å². The largest absolute Gasteiger partial charge is 0.312 e. The molecule has 0 bridgehead atoms. The van der Waals surface area contributed by atoms with Crippen LogP contribution in [-0.2, 0) is 5.41 Å². The second-order valence-electron chi connectivity index (χ2n) is 5.25. The van der Waals surface area contributed by atoms with Gasteiger partial charge in [-0.1, -0.05) is 44.2 Å². The standard InChI is InChI=1S/C16H19FN2/c1-16(2,13-7-5-4-6-8-13)15(18-3)12-9-14(17)11-19-10-12/h4-11,15,18H,1-3H3. The zero-order valence-corrected chi connectivity index (χ0v) is 11.5. The van der Waals surface area contributed by atoms with E-state index in [0.29, 0.717) is 0 Å². The summed E-state index contributed by atoms with van der Waals surface area (Å²) >= 11 is 0. The molecule has 1 N–H and O–H groups in total. The molecule has 0 spiro atoms. The van der Waals surface area contributed by atoms with Gasteiger partial charge in [-0.3, -0.25) is 4.98 Å². The van der Waals surface area contributed by atoms with E-state index in [1.807, 2.05) is 25.2 Å². The third kappa shape index (κ3) is 2.82. The van der Waals surface area contributed by atoms with E-state index in [1.54, 1.807) is 12.3 Å². The van der Waals surface area contributed by atoms with Crippen molar-refractivity contribution in [2.45, 2.75) is 25.3 Å². The first-order chi connectivity index (χ1) is 9.05. The SMILES string of the molecule is CNC(c1cncc(F)c1)C(C)(C)c1ccccc1. The van der Waals surface area contributed by atoms with Crippen LogP contribution in [0.4, 0.5) is 4.39 Å². The van der Waals surface area contributed by atoms with Gasteiger partial charge in [0.25, 0.3) is 0 Å². The van der Waals surface area contributed by atoms with Crippen LogP contribution in [0.5, 0.6) is 0 Å². The topological polar surface area (TPSA) is 24.9 Å². The molecule has 100 valence electrons. The number of hydrogen-bond donors (Lipinski definition) is 1. The molecule has 1 aromatic heterocycles. The highest BCUT2D eigenvalue weighted by Crippen LogP contribution is 2.36. The zero-order valence-electron chi connectivity index (χ0n) is 11.5. The Kier molecular flexibility index (Phi) is 3.96. The number of hydrogen-bond acceptors (Lipinski definition) is 2. The molecule has 0 fully saturated rings. The Morgan fingerprint density at radius 3 is 2.42 bits per heavy atom. The molecule has 1 aromatic carbocycles. The number of aromatic nitrogens is 1. The second-order valence-corrected chi connectivity index (χ2v) is 5.25. The third-order valence-corrected chi connectivity index (χ3v) is 3.59. The Bertz CT molecular complexity index is 537. The fourth-order valence-electron chi connectivity index (χ4n) is 2.56. The fraction of sp³-hybridized carbons (Fsp3) is 0.312.